The predicted octanol–water partition coefficient (Wildman–Crippen LogP) is 4.36. The van der Waals surface area contributed by atoms with Gasteiger partial charge < -0.3 is 14.2 Å². The lowest BCUT2D eigenvalue weighted by Crippen LogP contribution is -2.28. The van der Waals surface area contributed by atoms with Crippen LogP contribution in [0.4, 0.5) is 0 Å². The molecule has 8 heteroatoms. The van der Waals surface area contributed by atoms with E-state index in [1.54, 1.807) is 16.3 Å². The Balaban J connectivity index is 1.49. The van der Waals surface area contributed by atoms with Crippen LogP contribution in [-0.4, -0.2) is 29.1 Å². The third-order valence-electron chi connectivity index (χ3n) is 5.14. The Kier molecular flexibility index (Phi) is 5.24. The number of benzene rings is 2. The Morgan fingerprint density at radius 2 is 2.03 bits per heavy atom. The molecular weight excluding hydrogens is 456 g/mol. The number of nitrogens with zero attached hydrogens (tertiary/aromatic N) is 2. The van der Waals surface area contributed by atoms with Crippen molar-refractivity contribution in [2.45, 2.75) is 36.4 Å². The van der Waals surface area contributed by atoms with Crippen LogP contribution in [0.15, 0.2) is 50.8 Å². The summed E-state index contributed by atoms with van der Waals surface area (Å²) < 4.78 is 19.4. The zero-order valence-electron chi connectivity index (χ0n) is 15.6. The topological polar surface area (TPSA) is 62.6 Å². The van der Waals surface area contributed by atoms with Crippen molar-refractivity contribution in [2.75, 3.05) is 13.4 Å². The van der Waals surface area contributed by atoms with E-state index in [2.05, 4.69) is 15.9 Å². The van der Waals surface area contributed by atoms with Gasteiger partial charge in [0.05, 0.1) is 23.6 Å². The molecule has 2 aromatic carbocycles. The molecule has 0 N–H and O–H groups in total. The first-order chi connectivity index (χ1) is 14.2. The highest BCUT2D eigenvalue weighted by molar-refractivity contribution is 9.10. The summed E-state index contributed by atoms with van der Waals surface area (Å²) in [6.45, 7) is 1.53. The highest BCUT2D eigenvalue weighted by atomic mass is 79.9. The maximum absolute atomic E-state index is 13.2. The quantitative estimate of drug-likeness (QED) is 0.404. The molecular formula is C21H19BrN2O4S. The molecule has 5 rings (SSSR count). The number of fused-ring (bicyclic) bond motifs is 2. The van der Waals surface area contributed by atoms with Crippen molar-refractivity contribution in [1.29, 1.82) is 0 Å². The predicted molar refractivity (Wildman–Crippen MR) is 115 cm³/mol. The molecule has 0 aliphatic carbocycles. The third-order valence-corrected chi connectivity index (χ3v) is 6.90. The monoisotopic (exact) mass is 474 g/mol. The maximum atomic E-state index is 13.2. The van der Waals surface area contributed by atoms with Crippen molar-refractivity contribution in [3.63, 3.8) is 0 Å². The zero-order chi connectivity index (χ0) is 19.8. The molecule has 6 nitrogen and oxygen atoms in total. The highest BCUT2D eigenvalue weighted by Gasteiger charge is 2.21. The van der Waals surface area contributed by atoms with E-state index in [0.29, 0.717) is 28.4 Å². The van der Waals surface area contributed by atoms with Gasteiger partial charge in [0.15, 0.2) is 16.7 Å². The minimum Gasteiger partial charge on any atom is -0.454 e. The molecule has 1 saturated heterocycles. The molecule has 29 heavy (non-hydrogen) atoms. The minimum atomic E-state index is -0.0154. The Morgan fingerprint density at radius 3 is 2.86 bits per heavy atom. The highest BCUT2D eigenvalue weighted by Crippen LogP contribution is 2.38. The lowest BCUT2D eigenvalue weighted by molar-refractivity contribution is 0.0937. The molecule has 0 unspecified atom stereocenters. The van der Waals surface area contributed by atoms with E-state index in [9.17, 15) is 4.79 Å². The second-order valence-electron chi connectivity index (χ2n) is 7.05. The number of rotatable bonds is 5. The lowest BCUT2D eigenvalue weighted by Gasteiger charge is -2.16. The molecule has 3 aromatic rings. The van der Waals surface area contributed by atoms with Crippen molar-refractivity contribution in [1.82, 2.24) is 9.55 Å². The van der Waals surface area contributed by atoms with Gasteiger partial charge in [-0.1, -0.05) is 39.8 Å². The third kappa shape index (κ3) is 3.76. The summed E-state index contributed by atoms with van der Waals surface area (Å²) in [5, 5.41) is 1.34. The summed E-state index contributed by atoms with van der Waals surface area (Å²) in [4.78, 5) is 18.0. The van der Waals surface area contributed by atoms with E-state index in [1.807, 2.05) is 36.4 Å². The molecule has 3 heterocycles. The smallest absolute Gasteiger partial charge is 0.262 e. The van der Waals surface area contributed by atoms with Crippen molar-refractivity contribution in [2.24, 2.45) is 0 Å². The number of thioether (sulfide) groups is 1. The van der Waals surface area contributed by atoms with Gasteiger partial charge >= 0.3 is 0 Å². The molecule has 150 valence electrons. The van der Waals surface area contributed by atoms with Crippen molar-refractivity contribution >= 4 is 38.6 Å². The first-order valence-corrected chi connectivity index (χ1v) is 11.3. The van der Waals surface area contributed by atoms with E-state index in [-0.39, 0.29) is 18.5 Å². The number of para-hydroxylation sites is 1. The molecule has 0 spiro atoms. The SMILES string of the molecule is O=c1c2ccccc2nc(SCc2cc3c(cc2Br)OCO3)n1C[C@@H]1CCCO1. The number of aromatic nitrogens is 2. The van der Waals surface area contributed by atoms with E-state index in [0.717, 1.165) is 41.0 Å². The van der Waals surface area contributed by atoms with Gasteiger partial charge in [-0.15, -0.1) is 0 Å². The van der Waals surface area contributed by atoms with Gasteiger partial charge in [-0.25, -0.2) is 4.98 Å². The first-order valence-electron chi connectivity index (χ1n) is 9.51. The maximum Gasteiger partial charge on any atom is 0.262 e. The number of halogens is 1. The van der Waals surface area contributed by atoms with Gasteiger partial charge in [0.2, 0.25) is 6.79 Å². The average molecular weight is 475 g/mol. The Labute approximate surface area is 180 Å². The lowest BCUT2D eigenvalue weighted by atomic mass is 10.2. The van der Waals surface area contributed by atoms with Gasteiger partial charge in [-0.2, -0.15) is 0 Å². The van der Waals surface area contributed by atoms with Crippen LogP contribution in [0.1, 0.15) is 18.4 Å². The van der Waals surface area contributed by atoms with Gasteiger partial charge in [0, 0.05) is 16.8 Å². The van der Waals surface area contributed by atoms with Crippen LogP contribution in [0.2, 0.25) is 0 Å². The second-order valence-corrected chi connectivity index (χ2v) is 8.84. The number of hydrogen-bond acceptors (Lipinski definition) is 6. The van der Waals surface area contributed by atoms with Gasteiger partial charge in [-0.3, -0.25) is 9.36 Å². The van der Waals surface area contributed by atoms with Crippen LogP contribution < -0.4 is 15.0 Å². The van der Waals surface area contributed by atoms with Crippen LogP contribution in [0.25, 0.3) is 10.9 Å². The molecule has 0 radical (unpaired) electrons. The van der Waals surface area contributed by atoms with Crippen LogP contribution in [0.3, 0.4) is 0 Å². The number of ether oxygens (including phenoxy) is 3. The summed E-state index contributed by atoms with van der Waals surface area (Å²) in [5.74, 6) is 2.13. The van der Waals surface area contributed by atoms with E-state index >= 15 is 0 Å². The Hall–Kier alpha value is -2.03. The molecule has 2 aliphatic heterocycles. The molecule has 1 atom stereocenters. The molecule has 1 aromatic heterocycles. The van der Waals surface area contributed by atoms with Gasteiger partial charge in [-0.05, 0) is 42.7 Å². The molecule has 1 fully saturated rings. The normalized spacial score (nSPS) is 17.9. The largest absolute Gasteiger partial charge is 0.454 e. The van der Waals surface area contributed by atoms with Crippen LogP contribution in [0, 0.1) is 0 Å². The standard InChI is InChI=1S/C21H19BrN2O4S/c22-16-9-19-18(27-12-28-19)8-13(16)11-29-21-23-17-6-2-1-5-15(17)20(25)24(21)10-14-4-3-7-26-14/h1-2,5-6,8-9,14H,3-4,7,10-12H2/t14-/m0/s1. The Morgan fingerprint density at radius 1 is 1.21 bits per heavy atom. The summed E-state index contributed by atoms with van der Waals surface area (Å²) >= 11 is 5.15. The average Bonchev–Trinajstić information content (AvgIpc) is 3.40. The van der Waals surface area contributed by atoms with Crippen LogP contribution in [0.5, 0.6) is 11.5 Å². The van der Waals surface area contributed by atoms with Crippen LogP contribution >= 0.6 is 27.7 Å². The van der Waals surface area contributed by atoms with Gasteiger partial charge in [0.1, 0.15) is 0 Å². The molecule has 2 aliphatic rings. The summed E-state index contributed by atoms with van der Waals surface area (Å²) in [6.07, 6.45) is 2.07. The number of hydrogen-bond donors (Lipinski definition) is 0. The summed E-state index contributed by atoms with van der Waals surface area (Å²) in [5.41, 5.74) is 1.76. The zero-order valence-corrected chi connectivity index (χ0v) is 18.0. The Bertz CT molecular complexity index is 1130. The van der Waals surface area contributed by atoms with E-state index in [4.69, 9.17) is 19.2 Å². The van der Waals surface area contributed by atoms with Crippen LogP contribution in [-0.2, 0) is 17.0 Å². The van der Waals surface area contributed by atoms with E-state index < -0.39 is 0 Å². The van der Waals surface area contributed by atoms with Crippen molar-refractivity contribution < 1.29 is 14.2 Å². The fourth-order valence-corrected chi connectivity index (χ4v) is 5.27. The molecule has 0 bridgehead atoms. The fraction of sp³-hybridized carbons (Fsp3) is 0.333. The first kappa shape index (κ1) is 19.0. The molecule has 0 amide bonds. The molecule has 0 saturated carbocycles. The van der Waals surface area contributed by atoms with Crippen molar-refractivity contribution in [3.8, 4) is 11.5 Å². The fourth-order valence-electron chi connectivity index (χ4n) is 3.62. The minimum absolute atomic E-state index is 0.0154. The van der Waals surface area contributed by atoms with Crippen molar-refractivity contribution in [3.05, 3.63) is 56.8 Å². The van der Waals surface area contributed by atoms with E-state index in [1.165, 1.54) is 0 Å². The second kappa shape index (κ2) is 8.01. The summed E-state index contributed by atoms with van der Waals surface area (Å²) in [7, 11) is 0. The summed E-state index contributed by atoms with van der Waals surface area (Å²) in [6, 6.07) is 11.4. The van der Waals surface area contributed by atoms with Gasteiger partial charge in [0.25, 0.3) is 5.56 Å².